The molecule has 1 N–H and O–H groups in total. The summed E-state index contributed by atoms with van der Waals surface area (Å²) in [5.41, 5.74) is 0.0921. The Morgan fingerprint density at radius 2 is 1.38 bits per heavy atom. The van der Waals surface area contributed by atoms with Gasteiger partial charge in [-0.15, -0.1) is 0 Å². The van der Waals surface area contributed by atoms with Gasteiger partial charge in [-0.2, -0.15) is 31.4 Å². The number of rotatable bonds is 9. The fourth-order valence-corrected chi connectivity index (χ4v) is 4.23. The lowest BCUT2D eigenvalue weighted by Gasteiger charge is -2.14. The third kappa shape index (κ3) is 7.52. The Bertz CT molecular complexity index is 1790. The van der Waals surface area contributed by atoms with Crippen LogP contribution in [0, 0.1) is 0 Å². The van der Waals surface area contributed by atoms with Crippen LogP contribution in [0.1, 0.15) is 22.4 Å². The number of carboxylic acid groups (broad SMARTS) is 1. The van der Waals surface area contributed by atoms with Gasteiger partial charge in [-0.1, -0.05) is 42.5 Å². The van der Waals surface area contributed by atoms with Crippen LogP contribution in [0.2, 0.25) is 0 Å². The second kappa shape index (κ2) is 12.6. The van der Waals surface area contributed by atoms with Gasteiger partial charge in [0.05, 0.1) is 17.5 Å². The van der Waals surface area contributed by atoms with E-state index in [4.69, 9.17) is 14.6 Å². The van der Waals surface area contributed by atoms with Gasteiger partial charge in [0.25, 0.3) is 0 Å². The number of pyridine rings is 1. The van der Waals surface area contributed by atoms with Crippen LogP contribution >= 0.6 is 0 Å². The van der Waals surface area contributed by atoms with Crippen molar-refractivity contribution in [1.82, 2.24) is 14.8 Å². The molecule has 14 heteroatoms. The van der Waals surface area contributed by atoms with Crippen LogP contribution in [0.25, 0.3) is 17.1 Å². The molecule has 0 radical (unpaired) electrons. The number of nitrogens with zero attached hydrogens (tertiary/aromatic N) is 3. The number of aromatic nitrogens is 3. The molecule has 0 saturated heterocycles. The van der Waals surface area contributed by atoms with E-state index in [1.165, 1.54) is 24.3 Å². The summed E-state index contributed by atoms with van der Waals surface area (Å²) in [4.78, 5) is 15.2. The molecule has 3 aromatic carbocycles. The Kier molecular flexibility index (Phi) is 8.66. The van der Waals surface area contributed by atoms with E-state index in [0.29, 0.717) is 27.9 Å². The van der Waals surface area contributed by atoms with Crippen molar-refractivity contribution in [1.29, 1.82) is 0 Å². The Morgan fingerprint density at radius 1 is 0.733 bits per heavy atom. The Hall–Kier alpha value is -5.53. The third-order valence-electron chi connectivity index (χ3n) is 6.32. The zero-order valence-corrected chi connectivity index (χ0v) is 22.8. The number of ether oxygens (including phenoxy) is 3. The van der Waals surface area contributed by atoms with Gasteiger partial charge in [-0.05, 0) is 59.7 Å². The molecule has 232 valence electrons. The fraction of sp³-hybridized carbons (Fsp3) is 0.129. The monoisotopic (exact) mass is 629 g/mol. The van der Waals surface area contributed by atoms with Crippen molar-refractivity contribution in [2.24, 2.45) is 0 Å². The zero-order chi connectivity index (χ0) is 32.2. The normalized spacial score (nSPS) is 11.7. The zero-order valence-electron chi connectivity index (χ0n) is 22.8. The van der Waals surface area contributed by atoms with Gasteiger partial charge in [0.2, 0.25) is 0 Å². The first-order valence-corrected chi connectivity index (χ1v) is 13.0. The minimum absolute atomic E-state index is 0.129. The molecule has 45 heavy (non-hydrogen) atoms. The summed E-state index contributed by atoms with van der Waals surface area (Å²) < 4.78 is 95.9. The van der Waals surface area contributed by atoms with Crippen molar-refractivity contribution in [2.45, 2.75) is 25.6 Å². The van der Waals surface area contributed by atoms with Gasteiger partial charge in [0.1, 0.15) is 24.7 Å². The second-order valence-electron chi connectivity index (χ2n) is 9.43. The summed E-state index contributed by atoms with van der Waals surface area (Å²) >= 11 is 0. The lowest BCUT2D eigenvalue weighted by molar-refractivity contribution is -0.144. The van der Waals surface area contributed by atoms with Crippen molar-refractivity contribution in [2.75, 3.05) is 0 Å². The fourth-order valence-electron chi connectivity index (χ4n) is 4.23. The Balaban J connectivity index is 1.28. The predicted molar refractivity (Wildman–Crippen MR) is 147 cm³/mol. The first-order valence-electron chi connectivity index (χ1n) is 13.0. The van der Waals surface area contributed by atoms with E-state index in [9.17, 15) is 31.1 Å². The van der Waals surface area contributed by atoms with Crippen LogP contribution in [-0.2, 0) is 25.6 Å². The highest BCUT2D eigenvalue weighted by atomic mass is 19.4. The third-order valence-corrected chi connectivity index (χ3v) is 6.32. The van der Waals surface area contributed by atoms with Gasteiger partial charge in [0, 0.05) is 5.56 Å². The number of para-hydroxylation sites is 1. The van der Waals surface area contributed by atoms with Crippen molar-refractivity contribution in [3.8, 4) is 34.3 Å². The Labute approximate surface area is 251 Å². The summed E-state index contributed by atoms with van der Waals surface area (Å²) in [6.07, 6.45) is -10.7. The molecule has 0 aliphatic heterocycles. The molecular weight excluding hydrogens is 608 g/mol. The maximum Gasteiger partial charge on any atom is 0.511 e. The lowest BCUT2D eigenvalue weighted by atomic mass is 10.1. The van der Waals surface area contributed by atoms with Gasteiger partial charge < -0.3 is 19.3 Å². The number of benzene rings is 3. The molecule has 0 spiro atoms. The summed E-state index contributed by atoms with van der Waals surface area (Å²) in [5.74, 6) is -0.531. The maximum absolute atomic E-state index is 13.8. The average Bonchev–Trinajstić information content (AvgIpc) is 3.43. The minimum Gasteiger partial charge on any atom is -0.489 e. The van der Waals surface area contributed by atoms with E-state index in [0.717, 1.165) is 23.3 Å². The standard InChI is InChI=1S/C31H21F6N3O5/c32-30(33,34)21-12-14-22(15-13-21)43-17-19-8-10-20(11-9-19)18-44-25-6-2-1-4-23(25)24-5-3-7-27(39-24)40-28(31(35,36)37)26(16-38-40)45-29(41)42/h1-16H,17-18H2,(H,41,42). The predicted octanol–water partition coefficient (Wildman–Crippen LogP) is 8.19. The molecule has 0 unspecified atom stereocenters. The topological polar surface area (TPSA) is 95.7 Å². The molecule has 5 aromatic rings. The molecule has 5 rings (SSSR count). The molecule has 0 fully saturated rings. The van der Waals surface area contributed by atoms with Crippen molar-refractivity contribution >= 4 is 6.16 Å². The SMILES string of the molecule is O=C(O)Oc1cnn(-c2cccc(-c3ccccc3OCc3ccc(COc4ccc(C(F)(F)F)cc4)cc3)n2)c1C(F)(F)F. The first kappa shape index (κ1) is 30.9. The summed E-state index contributed by atoms with van der Waals surface area (Å²) in [7, 11) is 0. The highest BCUT2D eigenvalue weighted by Gasteiger charge is 2.41. The van der Waals surface area contributed by atoms with Crippen LogP contribution in [0.3, 0.4) is 0 Å². The molecule has 0 atom stereocenters. The van der Waals surface area contributed by atoms with E-state index >= 15 is 0 Å². The molecule has 2 heterocycles. The van der Waals surface area contributed by atoms with Crippen LogP contribution in [0.4, 0.5) is 31.1 Å². The van der Waals surface area contributed by atoms with Crippen LogP contribution in [0.5, 0.6) is 17.2 Å². The Morgan fingerprint density at radius 3 is 2.00 bits per heavy atom. The number of carbonyl (C=O) groups is 1. The van der Waals surface area contributed by atoms with Gasteiger partial charge in [0.15, 0.2) is 17.3 Å². The lowest BCUT2D eigenvalue weighted by Crippen LogP contribution is -2.17. The maximum atomic E-state index is 13.8. The van der Waals surface area contributed by atoms with Crippen molar-refractivity contribution < 1.29 is 50.5 Å². The molecule has 0 amide bonds. The van der Waals surface area contributed by atoms with Crippen molar-refractivity contribution in [3.05, 3.63) is 120 Å². The van der Waals surface area contributed by atoms with Crippen LogP contribution in [0.15, 0.2) is 97.2 Å². The highest BCUT2D eigenvalue weighted by Crippen LogP contribution is 2.38. The van der Waals surface area contributed by atoms with Crippen LogP contribution in [-0.4, -0.2) is 26.0 Å². The van der Waals surface area contributed by atoms with Gasteiger partial charge in [-0.3, -0.25) is 0 Å². The first-order chi connectivity index (χ1) is 21.4. The highest BCUT2D eigenvalue weighted by molar-refractivity contribution is 5.68. The molecule has 8 nitrogen and oxygen atoms in total. The summed E-state index contributed by atoms with van der Waals surface area (Å²) in [6.45, 7) is 0.261. The number of halogens is 6. The smallest absolute Gasteiger partial charge is 0.489 e. The molecule has 0 aliphatic carbocycles. The molecular formula is C31H21F6N3O5. The molecule has 0 bridgehead atoms. The molecule has 0 aliphatic rings. The van der Waals surface area contributed by atoms with Crippen molar-refractivity contribution in [3.63, 3.8) is 0 Å². The van der Waals surface area contributed by atoms with E-state index in [-0.39, 0.29) is 24.7 Å². The summed E-state index contributed by atoms with van der Waals surface area (Å²) in [5, 5.41) is 12.5. The van der Waals surface area contributed by atoms with Gasteiger partial charge >= 0.3 is 18.5 Å². The van der Waals surface area contributed by atoms with E-state index in [1.807, 2.05) is 0 Å². The van der Waals surface area contributed by atoms with Crippen LogP contribution < -0.4 is 14.2 Å². The average molecular weight is 630 g/mol. The summed E-state index contributed by atoms with van der Waals surface area (Å²) in [6, 6.07) is 22.6. The van der Waals surface area contributed by atoms with E-state index < -0.39 is 35.5 Å². The number of alkyl halides is 6. The molecule has 2 aromatic heterocycles. The van der Waals surface area contributed by atoms with Gasteiger partial charge in [-0.25, -0.2) is 14.5 Å². The molecule has 0 saturated carbocycles. The van der Waals surface area contributed by atoms with E-state index in [2.05, 4.69) is 14.8 Å². The largest absolute Gasteiger partial charge is 0.511 e. The van der Waals surface area contributed by atoms with E-state index in [1.54, 1.807) is 54.6 Å². The minimum atomic E-state index is -5.00. The quantitative estimate of drug-likeness (QED) is 0.130. The number of hydrogen-bond acceptors (Lipinski definition) is 6. The second-order valence-corrected chi connectivity index (χ2v) is 9.43. The number of hydrogen-bond donors (Lipinski definition) is 1.